The molecule has 9 heteroatoms. The van der Waals surface area contributed by atoms with E-state index in [0.29, 0.717) is 17.3 Å². The number of fused-ring (bicyclic) bond motifs is 1. The van der Waals surface area contributed by atoms with Crippen LogP contribution in [-0.2, 0) is 11.2 Å². The van der Waals surface area contributed by atoms with Crippen LogP contribution in [0.1, 0.15) is 22.4 Å². The van der Waals surface area contributed by atoms with Gasteiger partial charge in [0.1, 0.15) is 5.69 Å². The monoisotopic (exact) mass is 420 g/mol. The van der Waals surface area contributed by atoms with Gasteiger partial charge >= 0.3 is 0 Å². The fraction of sp³-hybridized carbons (Fsp3) is 0.190. The second kappa shape index (κ2) is 8.50. The summed E-state index contributed by atoms with van der Waals surface area (Å²) in [6, 6.07) is 15.5. The van der Waals surface area contributed by atoms with E-state index < -0.39 is 0 Å². The lowest BCUT2D eigenvalue weighted by Gasteiger charge is -2.07. The van der Waals surface area contributed by atoms with Crippen LogP contribution < -0.4 is 10.9 Å². The van der Waals surface area contributed by atoms with Gasteiger partial charge in [-0.1, -0.05) is 48.2 Å². The Morgan fingerprint density at radius 3 is 2.57 bits per heavy atom. The predicted octanol–water partition coefficient (Wildman–Crippen LogP) is 2.75. The Labute approximate surface area is 176 Å². The van der Waals surface area contributed by atoms with Crippen LogP contribution in [0.3, 0.4) is 0 Å². The van der Waals surface area contributed by atoms with E-state index in [1.54, 1.807) is 0 Å². The highest BCUT2D eigenvalue weighted by atomic mass is 32.2. The van der Waals surface area contributed by atoms with E-state index in [4.69, 9.17) is 0 Å². The number of benzene rings is 2. The third-order valence-corrected chi connectivity index (χ3v) is 5.29. The van der Waals surface area contributed by atoms with E-state index in [0.717, 1.165) is 22.4 Å². The zero-order valence-electron chi connectivity index (χ0n) is 16.5. The van der Waals surface area contributed by atoms with Crippen molar-refractivity contribution < 1.29 is 4.79 Å². The molecule has 0 unspecified atom stereocenters. The van der Waals surface area contributed by atoms with E-state index in [1.165, 1.54) is 16.3 Å². The van der Waals surface area contributed by atoms with Crippen LogP contribution in [-0.4, -0.2) is 36.5 Å². The standard InChI is InChI=1S/C21H20N6O2S/c1-13-8-14(2)10-16(9-13)22-18(28)12-30-21-25-24-20-23-19(29)17(26-27(20)21)11-15-6-4-3-5-7-15/h3-10H,11-12H2,1-2H3,(H,22,28)(H,23,24,29). The second-order valence-corrected chi connectivity index (χ2v) is 7.94. The average molecular weight is 420 g/mol. The van der Waals surface area contributed by atoms with Crippen molar-refractivity contribution >= 4 is 29.1 Å². The zero-order valence-corrected chi connectivity index (χ0v) is 17.4. The summed E-state index contributed by atoms with van der Waals surface area (Å²) in [5.74, 6) is 0.229. The van der Waals surface area contributed by atoms with Crippen molar-refractivity contribution in [2.24, 2.45) is 0 Å². The van der Waals surface area contributed by atoms with Crippen molar-refractivity contribution in [3.63, 3.8) is 0 Å². The summed E-state index contributed by atoms with van der Waals surface area (Å²) in [5, 5.41) is 15.7. The third kappa shape index (κ3) is 4.57. The molecule has 1 amide bonds. The van der Waals surface area contributed by atoms with Crippen LogP contribution in [0.15, 0.2) is 58.5 Å². The van der Waals surface area contributed by atoms with Crippen LogP contribution >= 0.6 is 11.8 Å². The first-order valence-electron chi connectivity index (χ1n) is 9.37. The second-order valence-electron chi connectivity index (χ2n) is 6.99. The number of carbonyl (C=O) groups is 1. The van der Waals surface area contributed by atoms with Crippen LogP contribution in [0.25, 0.3) is 5.78 Å². The molecule has 30 heavy (non-hydrogen) atoms. The predicted molar refractivity (Wildman–Crippen MR) is 116 cm³/mol. The minimum atomic E-state index is -0.303. The van der Waals surface area contributed by atoms with Crippen molar-refractivity contribution in [3.8, 4) is 0 Å². The Hall–Kier alpha value is -3.46. The van der Waals surface area contributed by atoms with E-state index >= 15 is 0 Å². The van der Waals surface area contributed by atoms with Gasteiger partial charge in [0.15, 0.2) is 0 Å². The van der Waals surface area contributed by atoms with Crippen molar-refractivity contribution in [3.05, 3.63) is 81.3 Å². The number of nitrogens with zero attached hydrogens (tertiary/aromatic N) is 4. The molecule has 8 nitrogen and oxygen atoms in total. The number of nitrogens with one attached hydrogen (secondary N) is 2. The van der Waals surface area contributed by atoms with Gasteiger partial charge in [-0.05, 0) is 42.7 Å². The molecule has 4 rings (SSSR count). The lowest BCUT2D eigenvalue weighted by molar-refractivity contribution is -0.113. The number of anilines is 1. The molecule has 0 aliphatic carbocycles. The average Bonchev–Trinajstić information content (AvgIpc) is 3.08. The summed E-state index contributed by atoms with van der Waals surface area (Å²) in [6.07, 6.45) is 0.390. The number of thioether (sulfide) groups is 1. The van der Waals surface area contributed by atoms with E-state index in [2.05, 4.69) is 25.6 Å². The van der Waals surface area contributed by atoms with Crippen molar-refractivity contribution in [2.45, 2.75) is 25.4 Å². The van der Waals surface area contributed by atoms with Gasteiger partial charge in [0.25, 0.3) is 11.3 Å². The van der Waals surface area contributed by atoms with E-state index in [1.807, 2.05) is 62.4 Å². The first kappa shape index (κ1) is 19.8. The first-order chi connectivity index (χ1) is 14.5. The van der Waals surface area contributed by atoms with Gasteiger partial charge < -0.3 is 5.32 Å². The van der Waals surface area contributed by atoms with Gasteiger partial charge in [0.05, 0.1) is 5.75 Å². The summed E-state index contributed by atoms with van der Waals surface area (Å²) < 4.78 is 1.47. The maximum atomic E-state index is 12.4. The van der Waals surface area contributed by atoms with Crippen molar-refractivity contribution in [1.82, 2.24) is 24.8 Å². The summed E-state index contributed by atoms with van der Waals surface area (Å²) in [4.78, 5) is 27.4. The molecule has 0 bridgehead atoms. The van der Waals surface area contributed by atoms with Crippen LogP contribution in [0.4, 0.5) is 5.69 Å². The van der Waals surface area contributed by atoms with Gasteiger partial charge in [0.2, 0.25) is 11.1 Å². The number of aromatic nitrogens is 5. The number of hydrogen-bond acceptors (Lipinski definition) is 6. The minimum absolute atomic E-state index is 0.141. The molecular formula is C21H20N6O2S. The van der Waals surface area contributed by atoms with Gasteiger partial charge in [-0.15, -0.1) is 10.2 Å². The Morgan fingerprint density at radius 2 is 1.83 bits per heavy atom. The Morgan fingerprint density at radius 1 is 1.10 bits per heavy atom. The van der Waals surface area contributed by atoms with Crippen molar-refractivity contribution in [2.75, 3.05) is 11.1 Å². The first-order valence-corrected chi connectivity index (χ1v) is 10.4. The summed E-state index contributed by atoms with van der Waals surface area (Å²) in [6.45, 7) is 3.97. The van der Waals surface area contributed by atoms with E-state index in [-0.39, 0.29) is 23.0 Å². The van der Waals surface area contributed by atoms with Crippen LogP contribution in [0.5, 0.6) is 0 Å². The molecule has 0 saturated carbocycles. The highest BCUT2D eigenvalue weighted by Gasteiger charge is 2.14. The molecule has 2 N–H and O–H groups in total. The molecule has 0 aliphatic heterocycles. The molecular weight excluding hydrogens is 400 g/mol. The SMILES string of the molecule is Cc1cc(C)cc(NC(=O)CSc2nnc3[nH]c(=O)c(Cc4ccccc4)nn23)c1. The number of rotatable bonds is 6. The molecule has 0 fully saturated rings. The number of carbonyl (C=O) groups excluding carboxylic acids is 1. The van der Waals surface area contributed by atoms with Gasteiger partial charge in [-0.25, -0.2) is 0 Å². The minimum Gasteiger partial charge on any atom is -0.325 e. The highest BCUT2D eigenvalue weighted by molar-refractivity contribution is 7.99. The van der Waals surface area contributed by atoms with Crippen molar-refractivity contribution in [1.29, 1.82) is 0 Å². The normalized spacial score (nSPS) is 11.0. The molecule has 0 saturated heterocycles. The maximum Gasteiger partial charge on any atom is 0.274 e. The molecule has 2 aromatic carbocycles. The third-order valence-electron chi connectivity index (χ3n) is 4.37. The quantitative estimate of drug-likeness (QED) is 0.465. The highest BCUT2D eigenvalue weighted by Crippen LogP contribution is 2.17. The fourth-order valence-corrected chi connectivity index (χ4v) is 3.82. The zero-order chi connectivity index (χ0) is 21.1. The van der Waals surface area contributed by atoms with E-state index in [9.17, 15) is 9.59 Å². The number of amides is 1. The molecule has 0 atom stereocenters. The maximum absolute atomic E-state index is 12.4. The summed E-state index contributed by atoms with van der Waals surface area (Å²) in [5.41, 5.74) is 3.96. The molecule has 0 radical (unpaired) electrons. The fourth-order valence-electron chi connectivity index (χ4n) is 3.14. The number of aryl methyl sites for hydroxylation is 2. The van der Waals surface area contributed by atoms with Crippen LogP contribution in [0.2, 0.25) is 0 Å². The summed E-state index contributed by atoms with van der Waals surface area (Å²) >= 11 is 1.21. The molecule has 0 spiro atoms. The summed E-state index contributed by atoms with van der Waals surface area (Å²) in [7, 11) is 0. The molecule has 2 aromatic heterocycles. The molecule has 152 valence electrons. The largest absolute Gasteiger partial charge is 0.325 e. The lowest BCUT2D eigenvalue weighted by Crippen LogP contribution is -2.19. The molecule has 4 aromatic rings. The van der Waals surface area contributed by atoms with Gasteiger partial charge in [-0.2, -0.15) is 9.61 Å². The topological polar surface area (TPSA) is 105 Å². The number of hydrogen-bond donors (Lipinski definition) is 2. The number of aromatic amines is 1. The molecule has 0 aliphatic rings. The van der Waals surface area contributed by atoms with Gasteiger partial charge in [0, 0.05) is 12.1 Å². The lowest BCUT2D eigenvalue weighted by atomic mass is 10.1. The van der Waals surface area contributed by atoms with Gasteiger partial charge in [-0.3, -0.25) is 14.6 Å². The smallest absolute Gasteiger partial charge is 0.274 e. The Bertz CT molecular complexity index is 1250. The molecule has 2 heterocycles. The Kier molecular flexibility index (Phi) is 5.62. The Balaban J connectivity index is 1.49. The van der Waals surface area contributed by atoms with Crippen LogP contribution in [0, 0.1) is 13.8 Å². The number of H-pyrrole nitrogens is 1.